The van der Waals surface area contributed by atoms with Crippen molar-refractivity contribution in [3.8, 4) is 0 Å². The van der Waals surface area contributed by atoms with Gasteiger partial charge >= 0.3 is 0 Å². The normalized spacial score (nSPS) is 30.1. The number of aliphatic imine (C=N–C) groups is 1. The number of benzene rings is 1. The lowest BCUT2D eigenvalue weighted by molar-refractivity contribution is 0.189. The first kappa shape index (κ1) is 18.4. The number of hydrogen-bond donors (Lipinski definition) is 1. The highest BCUT2D eigenvalue weighted by Crippen LogP contribution is 2.56. The van der Waals surface area contributed by atoms with Crippen molar-refractivity contribution >= 4 is 5.71 Å². The van der Waals surface area contributed by atoms with Crippen molar-refractivity contribution < 1.29 is 8.78 Å². The summed E-state index contributed by atoms with van der Waals surface area (Å²) in [6, 6.07) is 3.63. The molecule has 27 heavy (non-hydrogen) atoms. The van der Waals surface area contributed by atoms with Crippen LogP contribution in [-0.4, -0.2) is 18.8 Å². The molecule has 1 aliphatic heterocycles. The second-order valence-electron chi connectivity index (χ2n) is 8.23. The molecule has 0 aromatic heterocycles. The van der Waals surface area contributed by atoms with Crippen LogP contribution in [0.1, 0.15) is 51.5 Å². The molecule has 144 valence electrons. The minimum absolute atomic E-state index is 0.161. The molecule has 0 spiro atoms. The van der Waals surface area contributed by atoms with Crippen LogP contribution in [0, 0.1) is 28.9 Å². The molecule has 4 heteroatoms. The molecule has 0 radical (unpaired) electrons. The Kier molecular flexibility index (Phi) is 4.92. The molecule has 0 amide bonds. The summed E-state index contributed by atoms with van der Waals surface area (Å²) in [7, 11) is 0. The van der Waals surface area contributed by atoms with Gasteiger partial charge in [-0.3, -0.25) is 4.99 Å². The fourth-order valence-electron chi connectivity index (χ4n) is 5.37. The minimum Gasteiger partial charge on any atom is -0.385 e. The first-order valence-corrected chi connectivity index (χ1v) is 10.2. The molecule has 3 atom stereocenters. The Morgan fingerprint density at radius 3 is 2.96 bits per heavy atom. The third-order valence-corrected chi connectivity index (χ3v) is 7.00. The molecule has 1 heterocycles. The standard InChI is InChI=1S/C23H28F2N2/c1-3-21(18-12-17(24)10-11-20(18)25)26-13-15-8-9-16-14-27-22-7-5-4-6-19(22)23(15,16)2/h5,7,10-12,15-16,27H,3-4,6,8-9,13-14H2,1-2H3/t15-,16?,23?/m1/s1. The number of nitrogens with one attached hydrogen (secondary N) is 1. The Labute approximate surface area is 160 Å². The van der Waals surface area contributed by atoms with Crippen LogP contribution in [0.3, 0.4) is 0 Å². The van der Waals surface area contributed by atoms with Crippen molar-refractivity contribution in [2.24, 2.45) is 22.2 Å². The van der Waals surface area contributed by atoms with Crippen LogP contribution in [0.4, 0.5) is 8.78 Å². The van der Waals surface area contributed by atoms with Gasteiger partial charge in [-0.2, -0.15) is 0 Å². The van der Waals surface area contributed by atoms with E-state index in [4.69, 9.17) is 4.99 Å². The summed E-state index contributed by atoms with van der Waals surface area (Å²) in [5.41, 5.74) is 4.00. The Balaban J connectivity index is 1.63. The first-order chi connectivity index (χ1) is 13.0. The van der Waals surface area contributed by atoms with E-state index in [1.165, 1.54) is 24.3 Å². The van der Waals surface area contributed by atoms with Gasteiger partial charge in [0, 0.05) is 30.1 Å². The lowest BCUT2D eigenvalue weighted by Crippen LogP contribution is -2.44. The van der Waals surface area contributed by atoms with Crippen molar-refractivity contribution in [3.05, 3.63) is 58.8 Å². The van der Waals surface area contributed by atoms with Gasteiger partial charge in [0.15, 0.2) is 0 Å². The van der Waals surface area contributed by atoms with Crippen LogP contribution in [0.2, 0.25) is 0 Å². The third-order valence-electron chi connectivity index (χ3n) is 7.00. The van der Waals surface area contributed by atoms with E-state index in [-0.39, 0.29) is 5.41 Å². The summed E-state index contributed by atoms with van der Waals surface area (Å²) >= 11 is 0. The molecule has 2 unspecified atom stereocenters. The highest BCUT2D eigenvalue weighted by Gasteiger charge is 2.51. The maximum Gasteiger partial charge on any atom is 0.132 e. The van der Waals surface area contributed by atoms with E-state index >= 15 is 0 Å². The van der Waals surface area contributed by atoms with Crippen molar-refractivity contribution in [2.75, 3.05) is 13.1 Å². The predicted molar refractivity (Wildman–Crippen MR) is 106 cm³/mol. The molecule has 1 aromatic carbocycles. The van der Waals surface area contributed by atoms with Gasteiger partial charge in [-0.1, -0.05) is 19.9 Å². The fourth-order valence-corrected chi connectivity index (χ4v) is 5.37. The monoisotopic (exact) mass is 370 g/mol. The second-order valence-corrected chi connectivity index (χ2v) is 8.23. The van der Waals surface area contributed by atoms with E-state index in [9.17, 15) is 8.78 Å². The van der Waals surface area contributed by atoms with Crippen molar-refractivity contribution in [1.29, 1.82) is 0 Å². The van der Waals surface area contributed by atoms with E-state index < -0.39 is 11.6 Å². The van der Waals surface area contributed by atoms with Crippen molar-refractivity contribution in [1.82, 2.24) is 5.32 Å². The van der Waals surface area contributed by atoms with Crippen molar-refractivity contribution in [2.45, 2.75) is 46.0 Å². The second kappa shape index (κ2) is 7.21. The predicted octanol–water partition coefficient (Wildman–Crippen LogP) is 5.40. The summed E-state index contributed by atoms with van der Waals surface area (Å²) in [6.45, 7) is 6.08. The highest BCUT2D eigenvalue weighted by molar-refractivity contribution is 6.00. The Morgan fingerprint density at radius 1 is 1.30 bits per heavy atom. The average molecular weight is 370 g/mol. The number of allylic oxidation sites excluding steroid dienone is 3. The summed E-state index contributed by atoms with van der Waals surface area (Å²) in [6.07, 6.45) is 9.66. The lowest BCUT2D eigenvalue weighted by Gasteiger charge is -2.45. The maximum atomic E-state index is 14.2. The Hall–Kier alpha value is -1.97. The Morgan fingerprint density at radius 2 is 2.15 bits per heavy atom. The molecular weight excluding hydrogens is 342 g/mol. The van der Waals surface area contributed by atoms with Crippen molar-refractivity contribution in [3.63, 3.8) is 0 Å². The zero-order valence-electron chi connectivity index (χ0n) is 16.2. The molecule has 1 fully saturated rings. The molecule has 1 saturated carbocycles. The molecule has 0 saturated heterocycles. The molecular formula is C23H28F2N2. The SMILES string of the molecule is CCC(=NC[C@H]1CCC2CNC3=C(CCC=C3)C21C)c1cc(F)ccc1F. The molecule has 2 aliphatic carbocycles. The molecule has 1 aromatic rings. The van der Waals surface area contributed by atoms with Crippen LogP contribution in [0.5, 0.6) is 0 Å². The third kappa shape index (κ3) is 3.13. The summed E-state index contributed by atoms with van der Waals surface area (Å²) in [5, 5.41) is 3.62. The van der Waals surface area contributed by atoms with E-state index in [0.717, 1.165) is 31.9 Å². The van der Waals surface area contributed by atoms with E-state index in [0.29, 0.717) is 36.1 Å². The van der Waals surface area contributed by atoms with Gasteiger partial charge < -0.3 is 5.32 Å². The minimum atomic E-state index is -0.414. The highest BCUT2D eigenvalue weighted by atomic mass is 19.1. The van der Waals surface area contributed by atoms with E-state index in [1.54, 1.807) is 5.57 Å². The molecule has 4 rings (SSSR count). The molecule has 0 bridgehead atoms. The Bertz CT molecular complexity index is 824. The lowest BCUT2D eigenvalue weighted by atomic mass is 9.64. The van der Waals surface area contributed by atoms with Crippen LogP contribution in [0.15, 0.2) is 46.6 Å². The van der Waals surface area contributed by atoms with Crippen LogP contribution < -0.4 is 5.32 Å². The van der Waals surface area contributed by atoms with Gasteiger partial charge in [0.1, 0.15) is 11.6 Å². The molecule has 3 aliphatic rings. The van der Waals surface area contributed by atoms with Gasteiger partial charge in [-0.25, -0.2) is 8.78 Å². The smallest absolute Gasteiger partial charge is 0.132 e. The van der Waals surface area contributed by atoms with Crippen LogP contribution in [-0.2, 0) is 0 Å². The fraction of sp³-hybridized carbons (Fsp3) is 0.522. The van der Waals surface area contributed by atoms with Gasteiger partial charge in [0.2, 0.25) is 0 Å². The van der Waals surface area contributed by atoms with Gasteiger partial charge in [0.05, 0.1) is 0 Å². The van der Waals surface area contributed by atoms with Gasteiger partial charge in [-0.05, 0) is 79.2 Å². The van der Waals surface area contributed by atoms with Gasteiger partial charge in [-0.15, -0.1) is 0 Å². The summed E-state index contributed by atoms with van der Waals surface area (Å²) < 4.78 is 27.8. The maximum absolute atomic E-state index is 14.2. The number of fused-ring (bicyclic) bond motifs is 2. The molecule has 1 N–H and O–H groups in total. The summed E-state index contributed by atoms with van der Waals surface area (Å²) in [5.74, 6) is 0.289. The number of halogens is 2. The summed E-state index contributed by atoms with van der Waals surface area (Å²) in [4.78, 5) is 4.82. The average Bonchev–Trinajstić information content (AvgIpc) is 3.02. The van der Waals surface area contributed by atoms with Gasteiger partial charge in [0.25, 0.3) is 0 Å². The number of hydrogen-bond acceptors (Lipinski definition) is 2. The number of nitrogens with zero attached hydrogens (tertiary/aromatic N) is 1. The van der Waals surface area contributed by atoms with Crippen LogP contribution in [0.25, 0.3) is 0 Å². The zero-order valence-corrected chi connectivity index (χ0v) is 16.2. The topological polar surface area (TPSA) is 24.4 Å². The largest absolute Gasteiger partial charge is 0.385 e. The zero-order chi connectivity index (χ0) is 19.0. The first-order valence-electron chi connectivity index (χ1n) is 10.2. The van der Waals surface area contributed by atoms with E-state index in [2.05, 4.69) is 24.4 Å². The quantitative estimate of drug-likeness (QED) is 0.705. The molecule has 2 nitrogen and oxygen atoms in total. The van der Waals surface area contributed by atoms with E-state index in [1.807, 2.05) is 6.92 Å². The number of rotatable bonds is 4. The van der Waals surface area contributed by atoms with Crippen LogP contribution >= 0.6 is 0 Å².